The fourth-order valence-electron chi connectivity index (χ4n) is 2.81. The van der Waals surface area contributed by atoms with E-state index in [9.17, 15) is 9.59 Å². The largest absolute Gasteiger partial charge is 0.497 e. The highest BCUT2D eigenvalue weighted by Crippen LogP contribution is 2.24. The van der Waals surface area contributed by atoms with E-state index < -0.39 is 0 Å². The molecule has 0 radical (unpaired) electrons. The summed E-state index contributed by atoms with van der Waals surface area (Å²) in [7, 11) is 1.56. The predicted molar refractivity (Wildman–Crippen MR) is 99.3 cm³/mol. The summed E-state index contributed by atoms with van der Waals surface area (Å²) in [5, 5.41) is 2.86. The van der Waals surface area contributed by atoms with Crippen LogP contribution < -0.4 is 15.0 Å². The second kappa shape index (κ2) is 8.33. The van der Waals surface area contributed by atoms with Gasteiger partial charge in [-0.1, -0.05) is 24.3 Å². The number of hydrogen-bond donors (Lipinski definition) is 1. The normalized spacial score (nSPS) is 10.2. The summed E-state index contributed by atoms with van der Waals surface area (Å²) in [5.74, 6) is 0.394. The number of nitrogens with one attached hydrogen (secondary N) is 1. The molecule has 2 aromatic carbocycles. The lowest BCUT2D eigenvalue weighted by atomic mass is 10.1. The molecule has 0 saturated heterocycles. The molecule has 5 nitrogen and oxygen atoms in total. The van der Waals surface area contributed by atoms with Crippen molar-refractivity contribution in [2.45, 2.75) is 20.8 Å². The van der Waals surface area contributed by atoms with Crippen molar-refractivity contribution in [1.82, 2.24) is 5.32 Å². The van der Waals surface area contributed by atoms with Gasteiger partial charge < -0.3 is 15.0 Å². The van der Waals surface area contributed by atoms with Crippen LogP contribution in [0.4, 0.5) is 5.69 Å². The fraction of sp³-hybridized carbons (Fsp3) is 0.300. The zero-order valence-electron chi connectivity index (χ0n) is 15.1. The molecule has 0 spiro atoms. The van der Waals surface area contributed by atoms with Crippen LogP contribution in [0.1, 0.15) is 28.4 Å². The zero-order chi connectivity index (χ0) is 18.4. The Bertz CT molecular complexity index is 751. The van der Waals surface area contributed by atoms with E-state index in [4.69, 9.17) is 4.74 Å². The van der Waals surface area contributed by atoms with Gasteiger partial charge in [0.1, 0.15) is 5.75 Å². The molecule has 0 atom stereocenters. The number of rotatable bonds is 6. The molecule has 0 aromatic heterocycles. The molecule has 0 aliphatic heterocycles. The maximum absolute atomic E-state index is 12.3. The van der Waals surface area contributed by atoms with E-state index in [1.54, 1.807) is 36.3 Å². The monoisotopic (exact) mass is 340 g/mol. The summed E-state index contributed by atoms with van der Waals surface area (Å²) in [4.78, 5) is 26.0. The first-order chi connectivity index (χ1) is 11.9. The number of benzene rings is 2. The molecule has 0 bridgehead atoms. The van der Waals surface area contributed by atoms with Gasteiger partial charge >= 0.3 is 0 Å². The SMILES string of the molecule is COc1cccc(C(=O)NCCN(C(C)=O)c2c(C)cccc2C)c1. The first-order valence-electron chi connectivity index (χ1n) is 8.20. The highest BCUT2D eigenvalue weighted by atomic mass is 16.5. The lowest BCUT2D eigenvalue weighted by Gasteiger charge is -2.25. The van der Waals surface area contributed by atoms with Gasteiger partial charge in [-0.3, -0.25) is 9.59 Å². The summed E-state index contributed by atoms with van der Waals surface area (Å²) >= 11 is 0. The topological polar surface area (TPSA) is 58.6 Å². The summed E-state index contributed by atoms with van der Waals surface area (Å²) < 4.78 is 5.13. The van der Waals surface area contributed by atoms with E-state index in [1.165, 1.54) is 6.92 Å². The van der Waals surface area contributed by atoms with E-state index in [0.717, 1.165) is 16.8 Å². The molecule has 1 N–H and O–H groups in total. The molecule has 0 heterocycles. The number of carbonyl (C=O) groups excluding carboxylic acids is 2. The third-order valence-electron chi connectivity index (χ3n) is 4.04. The smallest absolute Gasteiger partial charge is 0.251 e. The molecular formula is C20H24N2O3. The van der Waals surface area contributed by atoms with Gasteiger partial charge in [0.15, 0.2) is 0 Å². The van der Waals surface area contributed by atoms with Gasteiger partial charge in [-0.15, -0.1) is 0 Å². The average molecular weight is 340 g/mol. The molecule has 25 heavy (non-hydrogen) atoms. The van der Waals surface area contributed by atoms with E-state index >= 15 is 0 Å². The van der Waals surface area contributed by atoms with Gasteiger partial charge in [-0.05, 0) is 43.2 Å². The average Bonchev–Trinajstić information content (AvgIpc) is 2.59. The molecule has 132 valence electrons. The molecular weight excluding hydrogens is 316 g/mol. The van der Waals surface area contributed by atoms with Crippen molar-refractivity contribution in [1.29, 1.82) is 0 Å². The molecule has 0 saturated carbocycles. The summed E-state index contributed by atoms with van der Waals surface area (Å²) in [6.45, 7) is 6.27. The number of nitrogens with zero attached hydrogens (tertiary/aromatic N) is 1. The third-order valence-corrected chi connectivity index (χ3v) is 4.04. The zero-order valence-corrected chi connectivity index (χ0v) is 15.1. The quantitative estimate of drug-likeness (QED) is 0.879. The minimum atomic E-state index is -0.191. The number of aryl methyl sites for hydroxylation is 2. The van der Waals surface area contributed by atoms with Crippen LogP contribution in [-0.4, -0.2) is 32.0 Å². The molecule has 0 aliphatic carbocycles. The molecule has 2 amide bonds. The van der Waals surface area contributed by atoms with Crippen molar-refractivity contribution < 1.29 is 14.3 Å². The van der Waals surface area contributed by atoms with Gasteiger partial charge in [0.2, 0.25) is 5.91 Å². The minimum Gasteiger partial charge on any atom is -0.497 e. The van der Waals surface area contributed by atoms with Crippen molar-refractivity contribution in [3.8, 4) is 5.75 Å². The summed E-state index contributed by atoms with van der Waals surface area (Å²) in [6.07, 6.45) is 0. The van der Waals surface area contributed by atoms with Crippen LogP contribution in [0.15, 0.2) is 42.5 Å². The molecule has 2 aromatic rings. The Hall–Kier alpha value is -2.82. The third kappa shape index (κ3) is 4.59. The van der Waals surface area contributed by atoms with Crippen LogP contribution in [-0.2, 0) is 4.79 Å². The highest BCUT2D eigenvalue weighted by Gasteiger charge is 2.16. The number of carbonyl (C=O) groups is 2. The number of methoxy groups -OCH3 is 1. The number of anilines is 1. The number of amides is 2. The second-order valence-corrected chi connectivity index (χ2v) is 5.90. The van der Waals surface area contributed by atoms with Gasteiger partial charge in [-0.25, -0.2) is 0 Å². The molecule has 0 unspecified atom stereocenters. The number of hydrogen-bond acceptors (Lipinski definition) is 3. The van der Waals surface area contributed by atoms with Crippen LogP contribution in [0, 0.1) is 13.8 Å². The molecule has 0 fully saturated rings. The van der Waals surface area contributed by atoms with Gasteiger partial charge in [0, 0.05) is 31.3 Å². The fourth-order valence-corrected chi connectivity index (χ4v) is 2.81. The Labute approximate surface area is 148 Å². The lowest BCUT2D eigenvalue weighted by molar-refractivity contribution is -0.116. The molecule has 5 heteroatoms. The van der Waals surface area contributed by atoms with E-state index in [-0.39, 0.29) is 11.8 Å². The molecule has 0 aliphatic rings. The second-order valence-electron chi connectivity index (χ2n) is 5.90. The van der Waals surface area contributed by atoms with Crippen molar-refractivity contribution in [2.24, 2.45) is 0 Å². The Kier molecular flexibility index (Phi) is 6.17. The molecule has 2 rings (SSSR count). The van der Waals surface area contributed by atoms with Crippen LogP contribution in [0.5, 0.6) is 5.75 Å². The standard InChI is InChI=1S/C20H24N2O3/c1-14-7-5-8-15(2)19(14)22(16(3)23)12-11-21-20(24)17-9-6-10-18(13-17)25-4/h5-10,13H,11-12H2,1-4H3,(H,21,24). The Morgan fingerprint density at radius 1 is 1.08 bits per heavy atom. The lowest BCUT2D eigenvalue weighted by Crippen LogP contribution is -2.38. The number of para-hydroxylation sites is 1. The highest BCUT2D eigenvalue weighted by molar-refractivity contribution is 5.95. The summed E-state index contributed by atoms with van der Waals surface area (Å²) in [6, 6.07) is 12.9. The van der Waals surface area contributed by atoms with E-state index in [2.05, 4.69) is 5.32 Å². The van der Waals surface area contributed by atoms with Crippen LogP contribution in [0.2, 0.25) is 0 Å². The van der Waals surface area contributed by atoms with E-state index in [1.807, 2.05) is 32.0 Å². The van der Waals surface area contributed by atoms with Crippen molar-refractivity contribution in [3.05, 3.63) is 59.2 Å². The summed E-state index contributed by atoms with van der Waals surface area (Å²) in [5.41, 5.74) is 3.51. The maximum atomic E-state index is 12.3. The number of ether oxygens (including phenoxy) is 1. The van der Waals surface area contributed by atoms with Crippen molar-refractivity contribution in [2.75, 3.05) is 25.1 Å². The van der Waals surface area contributed by atoms with Crippen LogP contribution in [0.25, 0.3) is 0 Å². The minimum absolute atomic E-state index is 0.0481. The first kappa shape index (κ1) is 18.5. The van der Waals surface area contributed by atoms with Crippen LogP contribution in [0.3, 0.4) is 0 Å². The Morgan fingerprint density at radius 2 is 1.72 bits per heavy atom. The maximum Gasteiger partial charge on any atom is 0.251 e. The van der Waals surface area contributed by atoms with Gasteiger partial charge in [0.05, 0.1) is 7.11 Å². The van der Waals surface area contributed by atoms with Crippen molar-refractivity contribution in [3.63, 3.8) is 0 Å². The van der Waals surface area contributed by atoms with Gasteiger partial charge in [0.25, 0.3) is 5.91 Å². The van der Waals surface area contributed by atoms with Crippen molar-refractivity contribution >= 4 is 17.5 Å². The first-order valence-corrected chi connectivity index (χ1v) is 8.20. The van der Waals surface area contributed by atoms with Gasteiger partial charge in [-0.2, -0.15) is 0 Å². The Balaban J connectivity index is 2.05. The van der Waals surface area contributed by atoms with Crippen LogP contribution >= 0.6 is 0 Å². The Morgan fingerprint density at radius 3 is 2.32 bits per heavy atom. The van der Waals surface area contributed by atoms with E-state index in [0.29, 0.717) is 24.4 Å². The predicted octanol–water partition coefficient (Wildman–Crippen LogP) is 3.09.